The summed E-state index contributed by atoms with van der Waals surface area (Å²) in [4.78, 5) is 26.0. The van der Waals surface area contributed by atoms with Gasteiger partial charge in [-0.05, 0) is 55.9 Å². The van der Waals surface area contributed by atoms with Gasteiger partial charge >= 0.3 is 6.03 Å². The van der Waals surface area contributed by atoms with Gasteiger partial charge in [0.1, 0.15) is 11.9 Å². The van der Waals surface area contributed by atoms with Gasteiger partial charge in [0, 0.05) is 18.8 Å². The highest BCUT2D eigenvalue weighted by Crippen LogP contribution is 2.27. The molecule has 22 heavy (non-hydrogen) atoms. The number of urea groups is 1. The average molecular weight is 305 g/mol. The van der Waals surface area contributed by atoms with E-state index in [4.69, 9.17) is 0 Å². The van der Waals surface area contributed by atoms with Gasteiger partial charge < -0.3 is 10.6 Å². The molecule has 2 heterocycles. The number of carbonyl (C=O) groups is 2. The van der Waals surface area contributed by atoms with E-state index in [1.165, 1.54) is 12.1 Å². The lowest BCUT2D eigenvalue weighted by Gasteiger charge is -2.30. The minimum atomic E-state index is -0.485. The molecule has 0 spiro atoms. The third-order valence-corrected chi connectivity index (χ3v) is 4.24. The molecule has 0 aliphatic carbocycles. The zero-order valence-corrected chi connectivity index (χ0v) is 12.4. The lowest BCUT2D eigenvalue weighted by molar-refractivity contribution is -0.122. The van der Waals surface area contributed by atoms with Gasteiger partial charge in [-0.2, -0.15) is 0 Å². The van der Waals surface area contributed by atoms with E-state index in [-0.39, 0.29) is 17.8 Å². The van der Waals surface area contributed by atoms with Crippen LogP contribution in [0.4, 0.5) is 14.9 Å². The van der Waals surface area contributed by atoms with Gasteiger partial charge in [0.15, 0.2) is 0 Å². The first-order valence-corrected chi connectivity index (χ1v) is 7.79. The molecule has 1 aromatic carbocycles. The van der Waals surface area contributed by atoms with Crippen LogP contribution in [0, 0.1) is 5.82 Å². The predicted molar refractivity (Wildman–Crippen MR) is 81.2 cm³/mol. The summed E-state index contributed by atoms with van der Waals surface area (Å²) in [5.41, 5.74) is 1.57. The smallest absolute Gasteiger partial charge is 0.322 e. The van der Waals surface area contributed by atoms with Gasteiger partial charge in [-0.1, -0.05) is 0 Å². The third kappa shape index (κ3) is 3.05. The fourth-order valence-corrected chi connectivity index (χ4v) is 3.08. The number of carbonyl (C=O) groups excluding carboxylic acids is 2. The van der Waals surface area contributed by atoms with E-state index in [1.807, 2.05) is 0 Å². The molecule has 0 aromatic heterocycles. The highest BCUT2D eigenvalue weighted by atomic mass is 19.1. The first kappa shape index (κ1) is 14.8. The van der Waals surface area contributed by atoms with Crippen LogP contribution in [0.2, 0.25) is 0 Å². The number of nitrogens with one attached hydrogen (secondary N) is 2. The van der Waals surface area contributed by atoms with Crippen molar-refractivity contribution in [1.29, 1.82) is 0 Å². The summed E-state index contributed by atoms with van der Waals surface area (Å²) in [6.45, 7) is 1.25. The summed E-state index contributed by atoms with van der Waals surface area (Å²) in [5.74, 6) is -0.411. The molecule has 0 unspecified atom stereocenters. The van der Waals surface area contributed by atoms with E-state index in [2.05, 4.69) is 10.6 Å². The Morgan fingerprint density at radius 3 is 3.05 bits per heavy atom. The number of aryl methyl sites for hydroxylation is 1. The maximum absolute atomic E-state index is 13.3. The summed E-state index contributed by atoms with van der Waals surface area (Å²) in [6.07, 6.45) is 4.05. The number of halogens is 1. The molecule has 2 N–H and O–H groups in total. The van der Waals surface area contributed by atoms with E-state index in [0.717, 1.165) is 36.9 Å². The minimum absolute atomic E-state index is 0.123. The highest BCUT2D eigenvalue weighted by molar-refractivity contribution is 5.96. The maximum Gasteiger partial charge on any atom is 0.322 e. The zero-order chi connectivity index (χ0) is 15.5. The predicted octanol–water partition coefficient (Wildman–Crippen LogP) is 1.96. The van der Waals surface area contributed by atoms with Crippen LogP contribution >= 0.6 is 0 Å². The fraction of sp³-hybridized carbons (Fsp3) is 0.500. The Labute approximate surface area is 128 Å². The molecule has 1 atom stereocenters. The van der Waals surface area contributed by atoms with Gasteiger partial charge in [0.25, 0.3) is 0 Å². The normalized spacial score (nSPS) is 21.6. The van der Waals surface area contributed by atoms with Gasteiger partial charge in [-0.3, -0.25) is 9.69 Å². The van der Waals surface area contributed by atoms with Crippen LogP contribution in [0.15, 0.2) is 18.2 Å². The lowest BCUT2D eigenvalue weighted by atomic mass is 10.0. The molecule has 2 aliphatic heterocycles. The molecule has 0 bridgehead atoms. The molecule has 2 aliphatic rings. The van der Waals surface area contributed by atoms with Crippen LogP contribution in [-0.2, 0) is 11.2 Å². The van der Waals surface area contributed by atoms with Crippen LogP contribution in [0.1, 0.15) is 31.2 Å². The quantitative estimate of drug-likeness (QED) is 0.833. The number of benzene rings is 1. The van der Waals surface area contributed by atoms with Gasteiger partial charge in [-0.25, -0.2) is 9.18 Å². The van der Waals surface area contributed by atoms with E-state index in [1.54, 1.807) is 11.0 Å². The van der Waals surface area contributed by atoms with Crippen molar-refractivity contribution in [2.75, 3.05) is 18.0 Å². The molecule has 3 rings (SSSR count). The van der Waals surface area contributed by atoms with Crippen LogP contribution in [0.5, 0.6) is 0 Å². The van der Waals surface area contributed by atoms with E-state index >= 15 is 0 Å². The molecule has 1 saturated heterocycles. The molecule has 0 saturated carbocycles. The van der Waals surface area contributed by atoms with Crippen molar-refractivity contribution in [3.8, 4) is 0 Å². The highest BCUT2D eigenvalue weighted by Gasteiger charge is 2.27. The van der Waals surface area contributed by atoms with E-state index in [9.17, 15) is 14.0 Å². The Morgan fingerprint density at radius 2 is 2.18 bits per heavy atom. The number of hydrogen-bond acceptors (Lipinski definition) is 2. The second-order valence-electron chi connectivity index (χ2n) is 5.82. The van der Waals surface area contributed by atoms with Crippen LogP contribution < -0.4 is 15.5 Å². The first-order valence-electron chi connectivity index (χ1n) is 7.79. The number of hydrogen-bond donors (Lipinski definition) is 2. The average Bonchev–Trinajstić information content (AvgIpc) is 2.71. The minimum Gasteiger partial charge on any atom is -0.354 e. The maximum atomic E-state index is 13.3. The van der Waals surface area contributed by atoms with Crippen molar-refractivity contribution in [2.45, 2.75) is 38.1 Å². The summed E-state index contributed by atoms with van der Waals surface area (Å²) in [7, 11) is 0. The molecule has 1 aromatic rings. The zero-order valence-electron chi connectivity index (χ0n) is 12.4. The van der Waals surface area contributed by atoms with Crippen LogP contribution in [0.25, 0.3) is 0 Å². The summed E-state index contributed by atoms with van der Waals surface area (Å²) >= 11 is 0. The van der Waals surface area contributed by atoms with Gasteiger partial charge in [0.2, 0.25) is 5.91 Å². The van der Waals surface area contributed by atoms with Crippen molar-refractivity contribution in [1.82, 2.24) is 10.6 Å². The monoisotopic (exact) mass is 305 g/mol. The Kier molecular flexibility index (Phi) is 4.27. The number of amides is 3. The molecular weight excluding hydrogens is 285 g/mol. The Hall–Kier alpha value is -2.11. The summed E-state index contributed by atoms with van der Waals surface area (Å²) < 4.78 is 13.3. The molecule has 0 radical (unpaired) electrons. The van der Waals surface area contributed by atoms with E-state index in [0.29, 0.717) is 19.5 Å². The second kappa shape index (κ2) is 6.34. The second-order valence-corrected chi connectivity index (χ2v) is 5.82. The van der Waals surface area contributed by atoms with Crippen molar-refractivity contribution in [3.63, 3.8) is 0 Å². The standard InChI is InChI=1S/C16H20FN3O2/c17-12-6-7-14-11(10-12)4-3-9-20(14)16(22)19-13-5-1-2-8-18-15(13)21/h6-7,10,13H,1-5,8-9H2,(H,18,21)(H,19,22)/t13-/m1/s1. The summed E-state index contributed by atoms with van der Waals surface area (Å²) in [5, 5.41) is 5.62. The molecule has 118 valence electrons. The Bertz CT molecular complexity index is 591. The largest absolute Gasteiger partial charge is 0.354 e. The van der Waals surface area contributed by atoms with Gasteiger partial charge in [0.05, 0.1) is 0 Å². The molecule has 3 amide bonds. The molecular formula is C16H20FN3O2. The number of anilines is 1. The number of fused-ring (bicyclic) bond motifs is 1. The van der Waals surface area contributed by atoms with Crippen LogP contribution in [-0.4, -0.2) is 31.1 Å². The van der Waals surface area contributed by atoms with Crippen molar-refractivity contribution in [3.05, 3.63) is 29.6 Å². The van der Waals surface area contributed by atoms with Crippen molar-refractivity contribution in [2.24, 2.45) is 0 Å². The third-order valence-electron chi connectivity index (χ3n) is 4.24. The van der Waals surface area contributed by atoms with Crippen molar-refractivity contribution < 1.29 is 14.0 Å². The number of rotatable bonds is 1. The topological polar surface area (TPSA) is 61.4 Å². The van der Waals surface area contributed by atoms with Gasteiger partial charge in [-0.15, -0.1) is 0 Å². The molecule has 1 fully saturated rings. The van der Waals surface area contributed by atoms with Crippen molar-refractivity contribution >= 4 is 17.6 Å². The Balaban J connectivity index is 1.74. The fourth-order valence-electron chi connectivity index (χ4n) is 3.08. The van der Waals surface area contributed by atoms with Crippen LogP contribution in [0.3, 0.4) is 0 Å². The number of nitrogens with zero attached hydrogens (tertiary/aromatic N) is 1. The SMILES string of the molecule is O=C1NCCCC[C@H]1NC(=O)N1CCCc2cc(F)ccc21. The Morgan fingerprint density at radius 1 is 1.32 bits per heavy atom. The first-order chi connectivity index (χ1) is 10.6. The molecule has 5 nitrogen and oxygen atoms in total. The van der Waals surface area contributed by atoms with E-state index < -0.39 is 6.04 Å². The lowest BCUT2D eigenvalue weighted by Crippen LogP contribution is -2.51. The molecule has 6 heteroatoms. The summed E-state index contributed by atoms with van der Waals surface area (Å²) in [6, 6.07) is 3.71.